The lowest BCUT2D eigenvalue weighted by Gasteiger charge is -2.01. The molecule has 0 fully saturated rings. The van der Waals surface area contributed by atoms with Crippen LogP contribution in [0.4, 0.5) is 10.8 Å². The second-order valence-electron chi connectivity index (χ2n) is 5.10. The quantitative estimate of drug-likeness (QED) is 0.685. The zero-order chi connectivity index (χ0) is 16.5. The molecule has 0 atom stereocenters. The number of rotatable bonds is 3. The number of fused-ring (bicyclic) bond motifs is 1. The van der Waals surface area contributed by atoms with Crippen molar-refractivity contribution in [2.45, 2.75) is 0 Å². The molecule has 0 bridgehead atoms. The molecule has 0 aliphatic carbocycles. The van der Waals surface area contributed by atoms with Crippen LogP contribution >= 0.6 is 11.3 Å². The number of benzene rings is 2. The van der Waals surface area contributed by atoms with Gasteiger partial charge in [-0.2, -0.15) is 4.98 Å². The summed E-state index contributed by atoms with van der Waals surface area (Å²) < 4.78 is 0. The van der Waals surface area contributed by atoms with E-state index in [0.717, 1.165) is 10.7 Å². The van der Waals surface area contributed by atoms with E-state index in [2.05, 4.69) is 20.3 Å². The lowest BCUT2D eigenvalue weighted by atomic mass is 10.3. The summed E-state index contributed by atoms with van der Waals surface area (Å²) in [5.41, 5.74) is 0.686. The minimum absolute atomic E-state index is 0.0866. The minimum atomic E-state index is -0.0866. The van der Waals surface area contributed by atoms with Crippen LogP contribution in [-0.4, -0.2) is 15.2 Å². The Bertz CT molecular complexity index is 1040. The average Bonchev–Trinajstić information content (AvgIpc) is 3.10. The standard InChI is InChI=1S/C17H12N4O2S/c22-11-5-3-4-10(8-11)18-17-21-16(23)14(24-17)9-15-19-12-6-1-2-7-13(12)20-15/h1-9,22-23H,(H,18,21). The Balaban J connectivity index is 1.63. The number of phenolic OH excluding ortho intramolecular Hbond substituents is 1. The molecule has 0 spiro atoms. The number of anilines is 2. The molecule has 2 aromatic carbocycles. The van der Waals surface area contributed by atoms with Crippen LogP contribution < -0.4 is 16.0 Å². The fraction of sp³-hybridized carbons (Fsp3) is 0. The first-order valence-corrected chi connectivity index (χ1v) is 7.99. The maximum absolute atomic E-state index is 10.0. The van der Waals surface area contributed by atoms with Gasteiger partial charge in [-0.25, -0.2) is 9.98 Å². The molecule has 0 amide bonds. The van der Waals surface area contributed by atoms with E-state index in [-0.39, 0.29) is 11.6 Å². The van der Waals surface area contributed by atoms with E-state index in [1.165, 1.54) is 11.3 Å². The van der Waals surface area contributed by atoms with Gasteiger partial charge in [-0.15, -0.1) is 0 Å². The van der Waals surface area contributed by atoms with Gasteiger partial charge >= 0.3 is 0 Å². The van der Waals surface area contributed by atoms with Crippen LogP contribution in [0.2, 0.25) is 0 Å². The van der Waals surface area contributed by atoms with Crippen molar-refractivity contribution in [1.82, 2.24) is 4.98 Å². The maximum atomic E-state index is 10.0. The highest BCUT2D eigenvalue weighted by atomic mass is 32.1. The van der Waals surface area contributed by atoms with Crippen LogP contribution in [0.3, 0.4) is 0 Å². The lowest BCUT2D eigenvalue weighted by Crippen LogP contribution is -2.19. The average molecular weight is 336 g/mol. The van der Waals surface area contributed by atoms with Crippen LogP contribution in [0.5, 0.6) is 11.6 Å². The van der Waals surface area contributed by atoms with Gasteiger partial charge in [0.2, 0.25) is 5.88 Å². The molecule has 3 N–H and O–H groups in total. The van der Waals surface area contributed by atoms with Crippen molar-refractivity contribution in [2.75, 3.05) is 5.32 Å². The van der Waals surface area contributed by atoms with Gasteiger partial charge in [0.15, 0.2) is 11.0 Å². The Morgan fingerprint density at radius 1 is 0.958 bits per heavy atom. The molecule has 0 unspecified atom stereocenters. The SMILES string of the molecule is Oc1cccc(Nc2nc(O)c(C=C3N=c4ccccc4=N3)s2)c1. The van der Waals surface area contributed by atoms with Crippen molar-refractivity contribution >= 4 is 28.2 Å². The van der Waals surface area contributed by atoms with Crippen molar-refractivity contribution in [3.63, 3.8) is 0 Å². The number of nitrogens with one attached hydrogen (secondary N) is 1. The molecule has 1 aliphatic rings. The molecule has 0 saturated carbocycles. The van der Waals surface area contributed by atoms with Crippen LogP contribution in [0.25, 0.3) is 6.08 Å². The first kappa shape index (κ1) is 14.4. The third-order valence-electron chi connectivity index (χ3n) is 3.34. The van der Waals surface area contributed by atoms with Gasteiger partial charge in [-0.3, -0.25) is 0 Å². The first-order valence-electron chi connectivity index (χ1n) is 7.17. The second kappa shape index (κ2) is 5.78. The summed E-state index contributed by atoms with van der Waals surface area (Å²) in [5, 5.41) is 24.7. The number of phenols is 1. The summed E-state index contributed by atoms with van der Waals surface area (Å²) in [5.74, 6) is 0.597. The molecule has 1 aliphatic heterocycles. The zero-order valence-corrected chi connectivity index (χ0v) is 13.2. The number of aromatic hydroxyl groups is 2. The molecule has 2 heterocycles. The summed E-state index contributed by atoms with van der Waals surface area (Å²) in [6.07, 6.45) is 1.70. The number of para-hydroxylation sites is 2. The normalized spacial score (nSPS) is 12.2. The van der Waals surface area contributed by atoms with Crippen molar-refractivity contribution in [3.05, 3.63) is 69.9 Å². The molecular formula is C17H12N4O2S. The summed E-state index contributed by atoms with van der Waals surface area (Å²) >= 11 is 1.28. The summed E-state index contributed by atoms with van der Waals surface area (Å²) in [6, 6.07) is 14.3. The van der Waals surface area contributed by atoms with E-state index in [9.17, 15) is 10.2 Å². The van der Waals surface area contributed by atoms with Gasteiger partial charge in [0.25, 0.3) is 0 Å². The van der Waals surface area contributed by atoms with Crippen molar-refractivity contribution < 1.29 is 10.2 Å². The monoisotopic (exact) mass is 336 g/mol. The zero-order valence-electron chi connectivity index (χ0n) is 12.3. The van der Waals surface area contributed by atoms with Crippen LogP contribution in [0.1, 0.15) is 4.88 Å². The smallest absolute Gasteiger partial charge is 0.231 e. The molecule has 3 aromatic rings. The van der Waals surface area contributed by atoms with Gasteiger partial charge in [0.1, 0.15) is 5.75 Å². The van der Waals surface area contributed by atoms with Crippen molar-refractivity contribution in [2.24, 2.45) is 9.98 Å². The number of thiazole rings is 1. The van der Waals surface area contributed by atoms with Crippen molar-refractivity contribution in [1.29, 1.82) is 0 Å². The molecule has 24 heavy (non-hydrogen) atoms. The molecule has 7 heteroatoms. The third-order valence-corrected chi connectivity index (χ3v) is 4.25. The van der Waals surface area contributed by atoms with E-state index in [4.69, 9.17) is 0 Å². The van der Waals surface area contributed by atoms with E-state index in [1.54, 1.807) is 30.3 Å². The lowest BCUT2D eigenvalue weighted by molar-refractivity contribution is 0.457. The van der Waals surface area contributed by atoms with Crippen LogP contribution in [0.15, 0.2) is 64.3 Å². The van der Waals surface area contributed by atoms with E-state index in [1.807, 2.05) is 24.3 Å². The van der Waals surface area contributed by atoms with Crippen molar-refractivity contribution in [3.8, 4) is 11.6 Å². The topological polar surface area (TPSA) is 90.1 Å². The van der Waals surface area contributed by atoms with Gasteiger partial charge in [0.05, 0.1) is 15.6 Å². The number of nitrogens with zero attached hydrogens (tertiary/aromatic N) is 3. The van der Waals surface area contributed by atoms with E-state index in [0.29, 0.717) is 21.5 Å². The van der Waals surface area contributed by atoms with Crippen LogP contribution in [-0.2, 0) is 0 Å². The number of hydrogen-bond donors (Lipinski definition) is 3. The summed E-state index contributed by atoms with van der Waals surface area (Å²) in [4.78, 5) is 13.4. The molecule has 6 nitrogen and oxygen atoms in total. The Hall–Kier alpha value is -3.19. The number of aromatic nitrogens is 1. The Morgan fingerprint density at radius 3 is 2.42 bits per heavy atom. The van der Waals surface area contributed by atoms with Gasteiger partial charge in [-0.1, -0.05) is 29.5 Å². The molecule has 4 rings (SSSR count). The van der Waals surface area contributed by atoms with Gasteiger partial charge < -0.3 is 15.5 Å². The van der Waals surface area contributed by atoms with E-state index < -0.39 is 0 Å². The predicted octanol–water partition coefficient (Wildman–Crippen LogP) is 2.55. The van der Waals surface area contributed by atoms with Gasteiger partial charge in [0, 0.05) is 17.8 Å². The van der Waals surface area contributed by atoms with Gasteiger partial charge in [-0.05, 0) is 24.3 Å². The molecule has 118 valence electrons. The summed E-state index contributed by atoms with van der Waals surface area (Å²) in [7, 11) is 0. The highest BCUT2D eigenvalue weighted by molar-refractivity contribution is 7.16. The molecular weight excluding hydrogens is 324 g/mol. The Kier molecular flexibility index (Phi) is 3.47. The largest absolute Gasteiger partial charge is 0.508 e. The molecule has 0 saturated heterocycles. The minimum Gasteiger partial charge on any atom is -0.508 e. The molecule has 0 radical (unpaired) electrons. The highest BCUT2D eigenvalue weighted by Gasteiger charge is 2.11. The third kappa shape index (κ3) is 2.84. The Morgan fingerprint density at radius 2 is 1.71 bits per heavy atom. The molecule has 1 aromatic heterocycles. The predicted molar refractivity (Wildman–Crippen MR) is 91.9 cm³/mol. The summed E-state index contributed by atoms with van der Waals surface area (Å²) in [6.45, 7) is 0. The van der Waals surface area contributed by atoms with Crippen LogP contribution in [0, 0.1) is 0 Å². The fourth-order valence-electron chi connectivity index (χ4n) is 2.29. The first-order chi connectivity index (χ1) is 11.7. The fourth-order valence-corrected chi connectivity index (χ4v) is 3.10. The highest BCUT2D eigenvalue weighted by Crippen LogP contribution is 2.32. The van der Waals surface area contributed by atoms with E-state index >= 15 is 0 Å². The second-order valence-corrected chi connectivity index (χ2v) is 6.13. The maximum Gasteiger partial charge on any atom is 0.231 e. The Labute approximate surface area is 140 Å². The number of hydrogen-bond acceptors (Lipinski definition) is 7.